The number of aryl methyl sites for hydroxylation is 1. The van der Waals surface area contributed by atoms with Gasteiger partial charge in [0.15, 0.2) is 11.6 Å². The van der Waals surface area contributed by atoms with Gasteiger partial charge in [0, 0.05) is 5.56 Å². The molecule has 0 aliphatic carbocycles. The van der Waals surface area contributed by atoms with Crippen LogP contribution in [0.4, 0.5) is 8.78 Å². The molecule has 27 heavy (non-hydrogen) atoms. The highest BCUT2D eigenvalue weighted by Gasteiger charge is 2.16. The second-order valence-corrected chi connectivity index (χ2v) is 13.1. The van der Waals surface area contributed by atoms with Crippen LogP contribution in [0.2, 0.25) is 19.6 Å². The summed E-state index contributed by atoms with van der Waals surface area (Å²) in [6, 6.07) is 19.7. The lowest BCUT2D eigenvalue weighted by molar-refractivity contribution is 0.500. The fourth-order valence-corrected chi connectivity index (χ4v) is 4.45. The molecule has 0 bridgehead atoms. The summed E-state index contributed by atoms with van der Waals surface area (Å²) >= 11 is 0. The van der Waals surface area contributed by atoms with Gasteiger partial charge in [0.05, 0.1) is 8.07 Å². The molecule has 0 aromatic heterocycles. The fourth-order valence-electron chi connectivity index (χ4n) is 3.28. The van der Waals surface area contributed by atoms with E-state index in [9.17, 15) is 8.78 Å². The molecule has 0 atom stereocenters. The van der Waals surface area contributed by atoms with Crippen LogP contribution in [0.25, 0.3) is 22.3 Å². The minimum absolute atomic E-state index is 0.313. The van der Waals surface area contributed by atoms with E-state index in [1.165, 1.54) is 5.19 Å². The van der Waals surface area contributed by atoms with Crippen molar-refractivity contribution in [3.8, 4) is 22.3 Å². The monoisotopic (exact) mass is 380 g/mol. The summed E-state index contributed by atoms with van der Waals surface area (Å²) in [5.41, 5.74) is 3.65. The first-order chi connectivity index (χ1) is 12.8. The lowest BCUT2D eigenvalue weighted by Crippen LogP contribution is -2.37. The van der Waals surface area contributed by atoms with E-state index >= 15 is 0 Å². The molecule has 0 fully saturated rings. The third-order valence-corrected chi connectivity index (χ3v) is 7.03. The van der Waals surface area contributed by atoms with Gasteiger partial charge in [-0.05, 0) is 28.7 Å². The Morgan fingerprint density at radius 3 is 1.70 bits per heavy atom. The standard InChI is InChI=1S/C24H26F2Si/c1-5-6-20-13-16-22(24(26)23(20)25)19-9-7-17(8-10-19)18-11-14-21(15-12-18)27(2,3)4/h7-16H,5-6H2,1-4H3. The molecule has 3 heteroatoms. The first-order valence-electron chi connectivity index (χ1n) is 9.49. The van der Waals surface area contributed by atoms with Gasteiger partial charge in [0.2, 0.25) is 0 Å². The van der Waals surface area contributed by atoms with Gasteiger partial charge in [-0.15, -0.1) is 0 Å². The second kappa shape index (κ2) is 7.77. The second-order valence-electron chi connectivity index (χ2n) is 8.05. The zero-order valence-electron chi connectivity index (χ0n) is 16.4. The van der Waals surface area contributed by atoms with Crippen LogP contribution >= 0.6 is 0 Å². The minimum Gasteiger partial charge on any atom is -0.203 e. The van der Waals surface area contributed by atoms with E-state index in [4.69, 9.17) is 0 Å². The van der Waals surface area contributed by atoms with E-state index in [1.807, 2.05) is 31.2 Å². The SMILES string of the molecule is CCCc1ccc(-c2ccc(-c3ccc([Si](C)(C)C)cc3)cc2)c(F)c1F. The molecule has 0 aliphatic rings. The molecular formula is C24H26F2Si. The summed E-state index contributed by atoms with van der Waals surface area (Å²) in [5.74, 6) is -1.48. The van der Waals surface area contributed by atoms with E-state index in [1.54, 1.807) is 12.1 Å². The van der Waals surface area contributed by atoms with Crippen LogP contribution in [0.15, 0.2) is 60.7 Å². The summed E-state index contributed by atoms with van der Waals surface area (Å²) in [6.45, 7) is 8.95. The summed E-state index contributed by atoms with van der Waals surface area (Å²) in [5, 5.41) is 1.42. The van der Waals surface area contributed by atoms with Crippen molar-refractivity contribution in [2.24, 2.45) is 0 Å². The van der Waals surface area contributed by atoms with Crippen LogP contribution in [0.3, 0.4) is 0 Å². The van der Waals surface area contributed by atoms with Gasteiger partial charge in [-0.1, -0.05) is 98.8 Å². The average Bonchev–Trinajstić information content (AvgIpc) is 2.65. The molecule has 0 unspecified atom stereocenters. The zero-order valence-corrected chi connectivity index (χ0v) is 17.4. The zero-order chi connectivity index (χ0) is 19.6. The summed E-state index contributed by atoms with van der Waals surface area (Å²) in [6.07, 6.45) is 1.34. The number of rotatable bonds is 5. The Labute approximate surface area is 161 Å². The van der Waals surface area contributed by atoms with E-state index in [-0.39, 0.29) is 0 Å². The topological polar surface area (TPSA) is 0 Å². The smallest absolute Gasteiger partial charge is 0.166 e. The first kappa shape index (κ1) is 19.5. The lowest BCUT2D eigenvalue weighted by atomic mass is 9.98. The number of halogens is 2. The molecule has 0 spiro atoms. The number of hydrogen-bond donors (Lipinski definition) is 0. The molecule has 0 amide bonds. The maximum Gasteiger partial charge on any atom is 0.166 e. The van der Waals surface area contributed by atoms with Crippen LogP contribution in [0.1, 0.15) is 18.9 Å². The van der Waals surface area contributed by atoms with E-state index in [2.05, 4.69) is 43.9 Å². The Balaban J connectivity index is 1.89. The van der Waals surface area contributed by atoms with Crippen molar-refractivity contribution in [2.75, 3.05) is 0 Å². The van der Waals surface area contributed by atoms with Gasteiger partial charge in [-0.3, -0.25) is 0 Å². The molecular weight excluding hydrogens is 354 g/mol. The van der Waals surface area contributed by atoms with Crippen molar-refractivity contribution >= 4 is 13.3 Å². The van der Waals surface area contributed by atoms with Crippen molar-refractivity contribution in [1.29, 1.82) is 0 Å². The van der Waals surface area contributed by atoms with Gasteiger partial charge in [0.1, 0.15) is 0 Å². The lowest BCUT2D eigenvalue weighted by Gasteiger charge is -2.17. The molecule has 0 N–H and O–H groups in total. The Kier molecular flexibility index (Phi) is 5.61. The fraction of sp³-hybridized carbons (Fsp3) is 0.250. The van der Waals surface area contributed by atoms with Gasteiger partial charge >= 0.3 is 0 Å². The van der Waals surface area contributed by atoms with E-state index in [0.29, 0.717) is 23.1 Å². The van der Waals surface area contributed by atoms with Gasteiger partial charge in [-0.2, -0.15) is 0 Å². The Morgan fingerprint density at radius 1 is 0.667 bits per heavy atom. The average molecular weight is 381 g/mol. The predicted octanol–water partition coefficient (Wildman–Crippen LogP) is 6.80. The predicted molar refractivity (Wildman–Crippen MR) is 114 cm³/mol. The van der Waals surface area contributed by atoms with Crippen LogP contribution in [0, 0.1) is 11.6 Å². The molecule has 3 aromatic rings. The highest BCUT2D eigenvalue weighted by Crippen LogP contribution is 2.29. The van der Waals surface area contributed by atoms with Crippen molar-refractivity contribution in [3.05, 3.63) is 77.9 Å². The number of benzene rings is 3. The molecule has 0 heterocycles. The van der Waals surface area contributed by atoms with Crippen molar-refractivity contribution < 1.29 is 8.78 Å². The molecule has 3 rings (SSSR count). The maximum atomic E-state index is 14.5. The molecule has 0 saturated heterocycles. The van der Waals surface area contributed by atoms with E-state index in [0.717, 1.165) is 17.5 Å². The Bertz CT molecular complexity index is 920. The molecule has 0 saturated carbocycles. The van der Waals surface area contributed by atoms with Gasteiger partial charge in [0.25, 0.3) is 0 Å². The van der Waals surface area contributed by atoms with Gasteiger partial charge < -0.3 is 0 Å². The van der Waals surface area contributed by atoms with Crippen LogP contribution in [0.5, 0.6) is 0 Å². The van der Waals surface area contributed by atoms with Crippen molar-refractivity contribution in [3.63, 3.8) is 0 Å². The molecule has 0 radical (unpaired) electrons. The molecule has 140 valence electrons. The van der Waals surface area contributed by atoms with Gasteiger partial charge in [-0.25, -0.2) is 8.78 Å². The van der Waals surface area contributed by atoms with E-state index < -0.39 is 19.7 Å². The third kappa shape index (κ3) is 4.19. The molecule has 3 aromatic carbocycles. The Hall–Kier alpha value is -2.26. The first-order valence-corrected chi connectivity index (χ1v) is 13.0. The highest BCUT2D eigenvalue weighted by molar-refractivity contribution is 6.88. The van der Waals surface area contributed by atoms with Crippen LogP contribution < -0.4 is 5.19 Å². The maximum absolute atomic E-state index is 14.5. The Morgan fingerprint density at radius 2 is 1.19 bits per heavy atom. The van der Waals surface area contributed by atoms with Crippen molar-refractivity contribution in [1.82, 2.24) is 0 Å². The summed E-state index contributed by atoms with van der Waals surface area (Å²) in [4.78, 5) is 0. The number of hydrogen-bond acceptors (Lipinski definition) is 0. The molecule has 0 aliphatic heterocycles. The van der Waals surface area contributed by atoms with Crippen molar-refractivity contribution in [2.45, 2.75) is 39.4 Å². The molecule has 0 nitrogen and oxygen atoms in total. The summed E-state index contributed by atoms with van der Waals surface area (Å²) < 4.78 is 28.7. The quantitative estimate of drug-likeness (QED) is 0.427. The normalized spacial score (nSPS) is 11.6. The largest absolute Gasteiger partial charge is 0.203 e. The third-order valence-electron chi connectivity index (χ3n) is 4.96. The van der Waals surface area contributed by atoms with Crippen LogP contribution in [-0.2, 0) is 6.42 Å². The minimum atomic E-state index is -1.31. The summed E-state index contributed by atoms with van der Waals surface area (Å²) in [7, 11) is -1.31. The van der Waals surface area contributed by atoms with Crippen LogP contribution in [-0.4, -0.2) is 8.07 Å². The highest BCUT2D eigenvalue weighted by atomic mass is 28.3.